The summed E-state index contributed by atoms with van der Waals surface area (Å²) < 4.78 is 6.11. The van der Waals surface area contributed by atoms with Gasteiger partial charge in [-0.05, 0) is 113 Å². The Labute approximate surface area is 209 Å². The third kappa shape index (κ3) is 12.5. The minimum atomic E-state index is -1.04. The fourth-order valence-electron chi connectivity index (χ4n) is 4.19. The highest BCUT2D eigenvalue weighted by atomic mass is 16.5. The van der Waals surface area contributed by atoms with Gasteiger partial charge >= 0.3 is 0 Å². The van der Waals surface area contributed by atoms with E-state index < -0.39 is 17.3 Å². The Morgan fingerprint density at radius 3 is 2.06 bits per heavy atom. The van der Waals surface area contributed by atoms with Crippen molar-refractivity contribution in [2.45, 2.75) is 142 Å². The maximum atomic E-state index is 10.2. The number of aliphatic hydroxyl groups excluding tert-OH is 1. The number of hydrogen-bond donors (Lipinski definition) is 3. The van der Waals surface area contributed by atoms with Crippen LogP contribution >= 0.6 is 0 Å². The average Bonchev–Trinajstić information content (AvgIpc) is 3.11. The van der Waals surface area contributed by atoms with Crippen molar-refractivity contribution >= 4 is 0 Å². The quantitative estimate of drug-likeness (QED) is 0.187. The molecule has 3 N–H and O–H groups in total. The van der Waals surface area contributed by atoms with Crippen molar-refractivity contribution in [1.82, 2.24) is 0 Å². The van der Waals surface area contributed by atoms with Crippen molar-refractivity contribution in [3.63, 3.8) is 0 Å². The Hall–Kier alpha value is -1.20. The van der Waals surface area contributed by atoms with Gasteiger partial charge < -0.3 is 20.1 Å². The SMILES string of the molecule is C/C(=C\CC/C=C(\C)CC/C=C(\C)CCC(O)C(C)(C)O)C/C=C/[C@@]1(C)CC[C@@H](C(C)(C)O)O1. The Kier molecular flexibility index (Phi) is 12.5. The van der Waals surface area contributed by atoms with Crippen LogP contribution in [0.5, 0.6) is 0 Å². The van der Waals surface area contributed by atoms with Gasteiger partial charge in [-0.1, -0.05) is 47.1 Å². The molecule has 1 aliphatic rings. The highest BCUT2D eigenvalue weighted by molar-refractivity contribution is 5.11. The molecule has 1 unspecified atom stereocenters. The van der Waals surface area contributed by atoms with Gasteiger partial charge in [-0.3, -0.25) is 0 Å². The molecule has 1 saturated heterocycles. The molecule has 0 spiro atoms. The lowest BCUT2D eigenvalue weighted by molar-refractivity contribution is -0.0999. The molecule has 1 fully saturated rings. The monoisotopic (exact) mass is 476 g/mol. The van der Waals surface area contributed by atoms with Gasteiger partial charge in [0, 0.05) is 0 Å². The number of allylic oxidation sites excluding steroid dienone is 7. The Morgan fingerprint density at radius 1 is 0.941 bits per heavy atom. The summed E-state index contributed by atoms with van der Waals surface area (Å²) in [6, 6.07) is 0. The van der Waals surface area contributed by atoms with Crippen LogP contribution in [0.1, 0.15) is 113 Å². The lowest BCUT2D eigenvalue weighted by Crippen LogP contribution is -2.37. The molecule has 0 aromatic rings. The molecule has 3 atom stereocenters. The van der Waals surface area contributed by atoms with Crippen molar-refractivity contribution in [3.8, 4) is 0 Å². The van der Waals surface area contributed by atoms with Crippen LogP contribution in [0.25, 0.3) is 0 Å². The molecule has 1 heterocycles. The van der Waals surface area contributed by atoms with E-state index >= 15 is 0 Å². The maximum absolute atomic E-state index is 10.2. The molecule has 0 aromatic carbocycles. The van der Waals surface area contributed by atoms with Crippen molar-refractivity contribution < 1.29 is 20.1 Å². The Bertz CT molecular complexity index is 730. The van der Waals surface area contributed by atoms with Crippen molar-refractivity contribution in [3.05, 3.63) is 47.1 Å². The summed E-state index contributed by atoms with van der Waals surface area (Å²) in [6.45, 7) is 15.5. The van der Waals surface area contributed by atoms with Gasteiger partial charge in [-0.2, -0.15) is 0 Å². The lowest BCUT2D eigenvalue weighted by Gasteiger charge is -2.28. The molecule has 0 amide bonds. The van der Waals surface area contributed by atoms with E-state index in [1.54, 1.807) is 13.8 Å². The molecular formula is C30H52O4. The average molecular weight is 477 g/mol. The number of hydrogen-bond acceptors (Lipinski definition) is 4. The molecule has 0 bridgehead atoms. The van der Waals surface area contributed by atoms with E-state index in [4.69, 9.17) is 4.74 Å². The number of unbranched alkanes of at least 4 members (excludes halogenated alkanes) is 1. The Balaban J connectivity index is 2.31. The zero-order valence-corrected chi connectivity index (χ0v) is 23.2. The molecule has 0 aromatic heterocycles. The van der Waals surface area contributed by atoms with Crippen molar-refractivity contribution in [1.29, 1.82) is 0 Å². The fraction of sp³-hybridized carbons (Fsp3) is 0.733. The minimum absolute atomic E-state index is 0.0974. The third-order valence-corrected chi connectivity index (χ3v) is 6.82. The number of aliphatic hydroxyl groups is 3. The number of ether oxygens (including phenoxy) is 1. The van der Waals surface area contributed by atoms with Gasteiger partial charge in [0.05, 0.1) is 29.0 Å². The molecule has 4 nitrogen and oxygen atoms in total. The van der Waals surface area contributed by atoms with Crippen LogP contribution in [0.15, 0.2) is 47.1 Å². The van der Waals surface area contributed by atoms with Gasteiger partial charge in [0.25, 0.3) is 0 Å². The molecule has 196 valence electrons. The molecule has 1 rings (SSSR count). The summed E-state index contributed by atoms with van der Waals surface area (Å²) in [5, 5.41) is 29.9. The van der Waals surface area contributed by atoms with E-state index in [2.05, 4.69) is 58.1 Å². The summed E-state index contributed by atoms with van der Waals surface area (Å²) >= 11 is 0. The van der Waals surface area contributed by atoms with Gasteiger partial charge in [0.15, 0.2) is 0 Å². The van der Waals surface area contributed by atoms with Gasteiger partial charge in [0.1, 0.15) is 0 Å². The minimum Gasteiger partial charge on any atom is -0.390 e. The maximum Gasteiger partial charge on any atom is 0.0869 e. The topological polar surface area (TPSA) is 69.9 Å². The second kappa shape index (κ2) is 13.8. The first-order chi connectivity index (χ1) is 15.6. The predicted octanol–water partition coefficient (Wildman–Crippen LogP) is 6.95. The van der Waals surface area contributed by atoms with E-state index in [0.29, 0.717) is 6.42 Å². The first-order valence-corrected chi connectivity index (χ1v) is 13.1. The van der Waals surface area contributed by atoms with Crippen LogP contribution in [0.4, 0.5) is 0 Å². The molecule has 1 aliphatic heterocycles. The van der Waals surface area contributed by atoms with Crippen LogP contribution in [-0.4, -0.2) is 44.3 Å². The molecule has 0 aliphatic carbocycles. The van der Waals surface area contributed by atoms with Gasteiger partial charge in [0.2, 0.25) is 0 Å². The zero-order valence-electron chi connectivity index (χ0n) is 23.2. The zero-order chi connectivity index (χ0) is 26.0. The molecular weight excluding hydrogens is 424 g/mol. The van der Waals surface area contributed by atoms with E-state index in [1.165, 1.54) is 16.7 Å². The highest BCUT2D eigenvalue weighted by Gasteiger charge is 2.40. The molecule has 0 radical (unpaired) electrons. The summed E-state index contributed by atoms with van der Waals surface area (Å²) in [7, 11) is 0. The largest absolute Gasteiger partial charge is 0.390 e. The third-order valence-electron chi connectivity index (χ3n) is 6.82. The molecule has 0 saturated carbocycles. The summed E-state index contributed by atoms with van der Waals surface area (Å²) in [5.74, 6) is 0. The van der Waals surface area contributed by atoms with Crippen LogP contribution in [0, 0.1) is 0 Å². The van der Waals surface area contributed by atoms with E-state index in [1.807, 2.05) is 13.8 Å². The second-order valence-electron chi connectivity index (χ2n) is 11.7. The highest BCUT2D eigenvalue weighted by Crippen LogP contribution is 2.36. The summed E-state index contributed by atoms with van der Waals surface area (Å²) in [6.07, 6.45) is 18.9. The van der Waals surface area contributed by atoms with Crippen LogP contribution in [-0.2, 0) is 4.74 Å². The predicted molar refractivity (Wildman–Crippen MR) is 144 cm³/mol. The summed E-state index contributed by atoms with van der Waals surface area (Å²) in [4.78, 5) is 0. The smallest absolute Gasteiger partial charge is 0.0869 e. The second-order valence-corrected chi connectivity index (χ2v) is 11.7. The number of rotatable bonds is 14. The van der Waals surface area contributed by atoms with E-state index in [-0.39, 0.29) is 11.7 Å². The molecule has 4 heteroatoms. The summed E-state index contributed by atoms with van der Waals surface area (Å²) in [5.41, 5.74) is 1.97. The first-order valence-electron chi connectivity index (χ1n) is 13.1. The standard InChI is InChI=1S/C30H52O4/c1-23(15-11-16-25(3)18-19-26(31)28(4,5)32)13-9-10-14-24(2)17-12-21-30(8)22-20-27(34-30)29(6,7)33/h12-14,16,21,26-27,31-33H,9-11,15,17-20,22H2,1-8H3/b21-12+,23-13+,24-14+,25-16+/t26?,27-,30-/m0/s1. The lowest BCUT2D eigenvalue weighted by atomic mass is 9.95. The first kappa shape index (κ1) is 30.8. The van der Waals surface area contributed by atoms with Crippen LogP contribution in [0.2, 0.25) is 0 Å². The normalized spacial score (nSPS) is 24.3. The van der Waals surface area contributed by atoms with Crippen LogP contribution < -0.4 is 0 Å². The van der Waals surface area contributed by atoms with Crippen molar-refractivity contribution in [2.75, 3.05) is 0 Å². The van der Waals surface area contributed by atoms with Gasteiger partial charge in [-0.25, -0.2) is 0 Å². The van der Waals surface area contributed by atoms with E-state index in [0.717, 1.165) is 51.4 Å². The van der Waals surface area contributed by atoms with E-state index in [9.17, 15) is 15.3 Å². The van der Waals surface area contributed by atoms with Gasteiger partial charge in [-0.15, -0.1) is 0 Å². The molecule has 34 heavy (non-hydrogen) atoms. The Morgan fingerprint density at radius 2 is 1.50 bits per heavy atom. The fourth-order valence-corrected chi connectivity index (χ4v) is 4.19. The van der Waals surface area contributed by atoms with Crippen molar-refractivity contribution in [2.24, 2.45) is 0 Å². The van der Waals surface area contributed by atoms with Crippen LogP contribution in [0.3, 0.4) is 0 Å².